The maximum atomic E-state index is 13.4. The number of halogens is 2. The smallest absolute Gasteiger partial charge is 0.310 e. The van der Waals surface area contributed by atoms with Crippen LogP contribution in [0, 0.1) is 5.82 Å². The van der Waals surface area contributed by atoms with E-state index in [2.05, 4.69) is 0 Å². The topological polar surface area (TPSA) is 46.5 Å². The third-order valence-corrected chi connectivity index (χ3v) is 2.40. The summed E-state index contributed by atoms with van der Waals surface area (Å²) in [6.45, 7) is 1.40. The van der Waals surface area contributed by atoms with E-state index in [-0.39, 0.29) is 16.3 Å². The number of hydrogen-bond donors (Lipinski definition) is 1. The van der Waals surface area contributed by atoms with Crippen LogP contribution in [0.4, 0.5) is 4.39 Å². The summed E-state index contributed by atoms with van der Waals surface area (Å²) in [5.41, 5.74) is 0.0590. The molecule has 1 atom stereocenters. The van der Waals surface area contributed by atoms with Crippen molar-refractivity contribution in [1.29, 1.82) is 0 Å². The number of rotatable bonds is 3. The van der Waals surface area contributed by atoms with E-state index in [1.165, 1.54) is 20.1 Å². The molecule has 5 heteroatoms. The van der Waals surface area contributed by atoms with E-state index < -0.39 is 17.7 Å². The molecular weight excluding hydrogens is 223 g/mol. The van der Waals surface area contributed by atoms with E-state index in [0.29, 0.717) is 0 Å². The number of carbonyl (C=O) groups is 1. The Kier molecular flexibility index (Phi) is 3.52. The van der Waals surface area contributed by atoms with Gasteiger partial charge in [-0.05, 0) is 19.1 Å². The molecule has 1 aromatic carbocycles. The summed E-state index contributed by atoms with van der Waals surface area (Å²) in [6.07, 6.45) is 0. The second-order valence-corrected chi connectivity index (χ2v) is 3.48. The minimum Gasteiger partial charge on any atom is -0.495 e. The lowest BCUT2D eigenvalue weighted by Crippen LogP contribution is -2.09. The molecule has 82 valence electrons. The summed E-state index contributed by atoms with van der Waals surface area (Å²) in [7, 11) is 1.38. The maximum absolute atomic E-state index is 13.4. The van der Waals surface area contributed by atoms with Crippen LogP contribution in [0.5, 0.6) is 5.75 Å². The number of aliphatic carboxylic acids is 1. The summed E-state index contributed by atoms with van der Waals surface area (Å²) in [6, 6.07) is 2.35. The molecule has 1 rings (SSSR count). The van der Waals surface area contributed by atoms with E-state index in [4.69, 9.17) is 21.4 Å². The molecule has 0 saturated heterocycles. The first kappa shape index (κ1) is 11.8. The highest BCUT2D eigenvalue weighted by molar-refractivity contribution is 6.32. The van der Waals surface area contributed by atoms with Gasteiger partial charge in [0.2, 0.25) is 0 Å². The quantitative estimate of drug-likeness (QED) is 0.872. The van der Waals surface area contributed by atoms with Crippen molar-refractivity contribution < 1.29 is 19.0 Å². The zero-order valence-electron chi connectivity index (χ0n) is 8.25. The van der Waals surface area contributed by atoms with E-state index in [1.54, 1.807) is 0 Å². The summed E-state index contributed by atoms with van der Waals surface area (Å²) < 4.78 is 18.3. The average molecular weight is 233 g/mol. The highest BCUT2D eigenvalue weighted by Gasteiger charge is 2.20. The first-order valence-electron chi connectivity index (χ1n) is 4.23. The van der Waals surface area contributed by atoms with E-state index in [0.717, 1.165) is 6.07 Å². The molecule has 0 bridgehead atoms. The number of methoxy groups -OCH3 is 1. The fraction of sp³-hybridized carbons (Fsp3) is 0.300. The van der Waals surface area contributed by atoms with E-state index >= 15 is 0 Å². The minimum absolute atomic E-state index is 0.0590. The SMILES string of the molecule is COc1cc(C(C)C(=O)O)c(F)cc1Cl. The Morgan fingerprint density at radius 3 is 2.67 bits per heavy atom. The van der Waals surface area contributed by atoms with Crippen LogP contribution in [0.2, 0.25) is 5.02 Å². The van der Waals surface area contributed by atoms with Crippen molar-refractivity contribution in [3.8, 4) is 5.75 Å². The Labute approximate surface area is 91.4 Å². The van der Waals surface area contributed by atoms with Crippen LogP contribution in [-0.2, 0) is 4.79 Å². The van der Waals surface area contributed by atoms with Crippen LogP contribution in [-0.4, -0.2) is 18.2 Å². The molecule has 0 amide bonds. The first-order valence-corrected chi connectivity index (χ1v) is 4.61. The molecular formula is C10H10ClFO3. The monoisotopic (exact) mass is 232 g/mol. The Balaban J connectivity index is 3.24. The van der Waals surface area contributed by atoms with Gasteiger partial charge < -0.3 is 9.84 Å². The number of carboxylic acid groups (broad SMARTS) is 1. The van der Waals surface area contributed by atoms with Gasteiger partial charge in [0.25, 0.3) is 0 Å². The molecule has 3 nitrogen and oxygen atoms in total. The van der Waals surface area contributed by atoms with Gasteiger partial charge in [-0.1, -0.05) is 11.6 Å². The van der Waals surface area contributed by atoms with Crippen LogP contribution in [0.3, 0.4) is 0 Å². The van der Waals surface area contributed by atoms with Crippen molar-refractivity contribution in [1.82, 2.24) is 0 Å². The normalized spacial score (nSPS) is 12.3. The third-order valence-electron chi connectivity index (χ3n) is 2.11. The Hall–Kier alpha value is -1.29. The van der Waals surface area contributed by atoms with Gasteiger partial charge in [-0.3, -0.25) is 4.79 Å². The molecule has 0 aromatic heterocycles. The summed E-state index contributed by atoms with van der Waals surface area (Å²) in [5, 5.41) is 8.87. The third kappa shape index (κ3) is 2.39. The predicted molar refractivity (Wildman–Crippen MR) is 54.0 cm³/mol. The summed E-state index contributed by atoms with van der Waals surface area (Å²) in [5.74, 6) is -2.41. The second-order valence-electron chi connectivity index (χ2n) is 3.07. The van der Waals surface area contributed by atoms with Gasteiger partial charge in [0.15, 0.2) is 0 Å². The second kappa shape index (κ2) is 4.49. The van der Waals surface area contributed by atoms with Crippen LogP contribution in [0.1, 0.15) is 18.4 Å². The zero-order valence-corrected chi connectivity index (χ0v) is 9.01. The maximum Gasteiger partial charge on any atom is 0.310 e. The van der Waals surface area contributed by atoms with E-state index in [1.807, 2.05) is 0 Å². The lowest BCUT2D eigenvalue weighted by Gasteiger charge is -2.11. The van der Waals surface area contributed by atoms with Gasteiger partial charge in [-0.25, -0.2) is 4.39 Å². The highest BCUT2D eigenvalue weighted by Crippen LogP contribution is 2.31. The van der Waals surface area contributed by atoms with Crippen molar-refractivity contribution in [2.45, 2.75) is 12.8 Å². The summed E-state index contributed by atoms with van der Waals surface area (Å²) >= 11 is 5.67. The molecule has 0 saturated carbocycles. The molecule has 0 aliphatic carbocycles. The van der Waals surface area contributed by atoms with Crippen molar-refractivity contribution in [3.05, 3.63) is 28.5 Å². The molecule has 1 unspecified atom stereocenters. The standard InChI is InChI=1S/C10H10ClFO3/c1-5(10(13)14)6-3-9(15-2)7(11)4-8(6)12/h3-5H,1-2H3,(H,13,14). The van der Waals surface area contributed by atoms with Crippen molar-refractivity contribution in [2.75, 3.05) is 7.11 Å². The molecule has 0 aliphatic rings. The molecule has 1 N–H and O–H groups in total. The van der Waals surface area contributed by atoms with Gasteiger partial charge in [0.05, 0.1) is 18.1 Å². The fourth-order valence-electron chi connectivity index (χ4n) is 1.17. The van der Waals surface area contributed by atoms with Crippen LogP contribution < -0.4 is 4.74 Å². The predicted octanol–water partition coefficient (Wildman–Crippen LogP) is 2.68. The lowest BCUT2D eigenvalue weighted by atomic mass is 10.0. The largest absolute Gasteiger partial charge is 0.495 e. The minimum atomic E-state index is -1.10. The van der Waals surface area contributed by atoms with Gasteiger partial charge in [-0.2, -0.15) is 0 Å². The van der Waals surface area contributed by atoms with Gasteiger partial charge in [-0.15, -0.1) is 0 Å². The first-order chi connectivity index (χ1) is 6.97. The number of ether oxygens (including phenoxy) is 1. The molecule has 0 spiro atoms. The van der Waals surface area contributed by atoms with Crippen LogP contribution >= 0.6 is 11.6 Å². The fourth-order valence-corrected chi connectivity index (χ4v) is 1.39. The number of carboxylic acids is 1. The molecule has 0 heterocycles. The van der Waals surface area contributed by atoms with Crippen molar-refractivity contribution in [3.63, 3.8) is 0 Å². The molecule has 0 radical (unpaired) electrons. The number of hydrogen-bond acceptors (Lipinski definition) is 2. The van der Waals surface area contributed by atoms with Crippen LogP contribution in [0.15, 0.2) is 12.1 Å². The highest BCUT2D eigenvalue weighted by atomic mass is 35.5. The zero-order chi connectivity index (χ0) is 11.6. The molecule has 0 fully saturated rings. The summed E-state index contributed by atoms with van der Waals surface area (Å²) in [4.78, 5) is 10.7. The lowest BCUT2D eigenvalue weighted by molar-refractivity contribution is -0.138. The molecule has 1 aromatic rings. The van der Waals surface area contributed by atoms with Crippen LogP contribution in [0.25, 0.3) is 0 Å². The molecule has 0 aliphatic heterocycles. The Bertz CT molecular complexity index is 392. The van der Waals surface area contributed by atoms with E-state index in [9.17, 15) is 9.18 Å². The van der Waals surface area contributed by atoms with Crippen molar-refractivity contribution >= 4 is 17.6 Å². The Morgan fingerprint density at radius 1 is 1.60 bits per heavy atom. The van der Waals surface area contributed by atoms with Crippen molar-refractivity contribution in [2.24, 2.45) is 0 Å². The van der Waals surface area contributed by atoms with Gasteiger partial charge in [0.1, 0.15) is 11.6 Å². The molecule has 15 heavy (non-hydrogen) atoms. The van der Waals surface area contributed by atoms with Gasteiger partial charge >= 0.3 is 5.97 Å². The average Bonchev–Trinajstić information content (AvgIpc) is 2.17. The number of benzene rings is 1. The van der Waals surface area contributed by atoms with Gasteiger partial charge in [0, 0.05) is 5.56 Å². The Morgan fingerprint density at radius 2 is 2.20 bits per heavy atom.